The van der Waals surface area contributed by atoms with Crippen LogP contribution in [0.4, 0.5) is 5.69 Å². The first-order valence-electron chi connectivity index (χ1n) is 4.09. The highest BCUT2D eigenvalue weighted by Gasteiger charge is 1.99. The number of thioether (sulfide) groups is 1. The molecule has 0 radical (unpaired) electrons. The van der Waals surface area contributed by atoms with Gasteiger partial charge in [-0.1, -0.05) is 11.8 Å². The zero-order valence-corrected chi connectivity index (χ0v) is 10.5. The van der Waals surface area contributed by atoms with Crippen LogP contribution in [0.1, 0.15) is 0 Å². The SMILES string of the molecule is COC(=O)/C=C/Sc1ccc(N)cc1Br. The molecule has 0 bridgehead atoms. The van der Waals surface area contributed by atoms with E-state index in [0.717, 1.165) is 9.37 Å². The summed E-state index contributed by atoms with van der Waals surface area (Å²) in [6, 6.07) is 5.50. The van der Waals surface area contributed by atoms with Crippen molar-refractivity contribution in [3.05, 3.63) is 34.2 Å². The topological polar surface area (TPSA) is 52.3 Å². The van der Waals surface area contributed by atoms with Crippen LogP contribution in [-0.2, 0) is 9.53 Å². The molecule has 0 atom stereocenters. The third kappa shape index (κ3) is 3.97. The number of hydrogen-bond donors (Lipinski definition) is 1. The number of carbonyl (C=O) groups excluding carboxylic acids is 1. The lowest BCUT2D eigenvalue weighted by Gasteiger charge is -2.01. The maximum atomic E-state index is 10.8. The van der Waals surface area contributed by atoms with E-state index < -0.39 is 0 Å². The molecular weight excluding hydrogens is 278 g/mol. The van der Waals surface area contributed by atoms with Crippen molar-refractivity contribution in [3.63, 3.8) is 0 Å². The fourth-order valence-electron chi connectivity index (χ4n) is 0.844. The van der Waals surface area contributed by atoms with Gasteiger partial charge in [-0.3, -0.25) is 0 Å². The van der Waals surface area contributed by atoms with Crippen molar-refractivity contribution in [2.24, 2.45) is 0 Å². The van der Waals surface area contributed by atoms with Crippen molar-refractivity contribution >= 4 is 39.3 Å². The highest BCUT2D eigenvalue weighted by molar-refractivity contribution is 9.10. The zero-order chi connectivity index (χ0) is 11.3. The lowest BCUT2D eigenvalue weighted by atomic mass is 10.3. The number of hydrogen-bond acceptors (Lipinski definition) is 4. The summed E-state index contributed by atoms with van der Waals surface area (Å²) in [5.74, 6) is -0.367. The van der Waals surface area contributed by atoms with E-state index in [9.17, 15) is 4.79 Å². The number of nitrogen functional groups attached to an aromatic ring is 1. The van der Waals surface area contributed by atoms with E-state index >= 15 is 0 Å². The lowest BCUT2D eigenvalue weighted by molar-refractivity contribution is -0.134. The Kier molecular flexibility index (Phi) is 4.71. The van der Waals surface area contributed by atoms with Gasteiger partial charge in [0.25, 0.3) is 0 Å². The van der Waals surface area contributed by atoms with Crippen molar-refractivity contribution in [1.29, 1.82) is 0 Å². The maximum absolute atomic E-state index is 10.8. The molecule has 0 saturated heterocycles. The molecule has 1 aromatic rings. The minimum absolute atomic E-state index is 0.367. The van der Waals surface area contributed by atoms with Gasteiger partial charge in [-0.05, 0) is 39.5 Å². The number of methoxy groups -OCH3 is 1. The van der Waals surface area contributed by atoms with Gasteiger partial charge in [-0.15, -0.1) is 0 Å². The van der Waals surface area contributed by atoms with Gasteiger partial charge in [0.15, 0.2) is 0 Å². The Morgan fingerprint density at radius 3 is 2.93 bits per heavy atom. The van der Waals surface area contributed by atoms with Crippen LogP contribution in [-0.4, -0.2) is 13.1 Å². The first kappa shape index (κ1) is 12.1. The van der Waals surface area contributed by atoms with Crippen LogP contribution in [0.25, 0.3) is 0 Å². The second-order valence-corrected chi connectivity index (χ2v) is 4.44. The molecule has 5 heteroatoms. The molecule has 0 unspecified atom stereocenters. The van der Waals surface area contributed by atoms with Crippen molar-refractivity contribution in [2.45, 2.75) is 4.90 Å². The highest BCUT2D eigenvalue weighted by Crippen LogP contribution is 2.29. The fourth-order valence-corrected chi connectivity index (χ4v) is 2.16. The number of carbonyl (C=O) groups is 1. The van der Waals surface area contributed by atoms with E-state index in [-0.39, 0.29) is 5.97 Å². The summed E-state index contributed by atoms with van der Waals surface area (Å²) in [7, 11) is 1.34. The summed E-state index contributed by atoms with van der Waals surface area (Å²) >= 11 is 4.80. The summed E-state index contributed by atoms with van der Waals surface area (Å²) in [5, 5.41) is 1.67. The molecule has 0 spiro atoms. The fraction of sp³-hybridized carbons (Fsp3) is 0.100. The largest absolute Gasteiger partial charge is 0.466 e. The highest BCUT2D eigenvalue weighted by atomic mass is 79.9. The number of nitrogens with two attached hydrogens (primary N) is 1. The molecule has 0 aliphatic heterocycles. The second-order valence-electron chi connectivity index (χ2n) is 2.63. The van der Waals surface area contributed by atoms with Crippen molar-refractivity contribution in [3.8, 4) is 0 Å². The summed E-state index contributed by atoms with van der Waals surface area (Å²) in [6.45, 7) is 0. The average molecular weight is 288 g/mol. The monoisotopic (exact) mass is 287 g/mol. The molecule has 1 aromatic carbocycles. The van der Waals surface area contributed by atoms with Crippen molar-refractivity contribution in [1.82, 2.24) is 0 Å². The van der Waals surface area contributed by atoms with Crippen LogP contribution in [0.5, 0.6) is 0 Å². The van der Waals surface area contributed by atoms with Gasteiger partial charge in [0.2, 0.25) is 0 Å². The number of halogens is 1. The Bertz CT molecular complexity index is 393. The van der Waals surface area contributed by atoms with E-state index in [2.05, 4.69) is 20.7 Å². The quantitative estimate of drug-likeness (QED) is 0.402. The molecule has 0 heterocycles. The second kappa shape index (κ2) is 5.82. The minimum Gasteiger partial charge on any atom is -0.466 e. The molecule has 0 saturated carbocycles. The Hall–Kier alpha value is -0.940. The van der Waals surface area contributed by atoms with Crippen LogP contribution >= 0.6 is 27.7 Å². The van der Waals surface area contributed by atoms with E-state index in [1.807, 2.05) is 12.1 Å². The zero-order valence-electron chi connectivity index (χ0n) is 8.07. The molecule has 2 N–H and O–H groups in total. The average Bonchev–Trinajstić information content (AvgIpc) is 2.21. The predicted octanol–water partition coefficient (Wildman–Crippen LogP) is 2.81. The van der Waals surface area contributed by atoms with Gasteiger partial charge < -0.3 is 10.5 Å². The minimum atomic E-state index is -0.367. The number of anilines is 1. The molecule has 0 amide bonds. The summed E-state index contributed by atoms with van der Waals surface area (Å²) < 4.78 is 5.37. The van der Waals surface area contributed by atoms with E-state index in [1.165, 1.54) is 24.9 Å². The van der Waals surface area contributed by atoms with Gasteiger partial charge in [0.05, 0.1) is 7.11 Å². The van der Waals surface area contributed by atoms with Gasteiger partial charge in [-0.25, -0.2) is 4.79 Å². The summed E-state index contributed by atoms with van der Waals surface area (Å²) in [6.07, 6.45) is 1.37. The van der Waals surface area contributed by atoms with Crippen LogP contribution in [0, 0.1) is 0 Å². The van der Waals surface area contributed by atoms with Gasteiger partial charge >= 0.3 is 5.97 Å². The van der Waals surface area contributed by atoms with Gasteiger partial charge in [0.1, 0.15) is 0 Å². The summed E-state index contributed by atoms with van der Waals surface area (Å²) in [4.78, 5) is 11.8. The number of esters is 1. The number of ether oxygens (including phenoxy) is 1. The molecular formula is C10H10BrNO2S. The Balaban J connectivity index is 2.65. The van der Waals surface area contributed by atoms with E-state index in [0.29, 0.717) is 5.69 Å². The maximum Gasteiger partial charge on any atom is 0.330 e. The standard InChI is InChI=1S/C10H10BrNO2S/c1-14-10(13)4-5-15-9-3-2-7(12)6-8(9)11/h2-6H,12H2,1H3/b5-4+. The molecule has 1 rings (SSSR count). The van der Waals surface area contributed by atoms with Crippen LogP contribution in [0.3, 0.4) is 0 Å². The van der Waals surface area contributed by atoms with Crippen molar-refractivity contribution in [2.75, 3.05) is 12.8 Å². The molecule has 0 aliphatic rings. The normalized spacial score (nSPS) is 10.5. The molecule has 80 valence electrons. The van der Waals surface area contributed by atoms with Crippen LogP contribution in [0.2, 0.25) is 0 Å². The van der Waals surface area contributed by atoms with Crippen LogP contribution < -0.4 is 5.73 Å². The first-order valence-corrected chi connectivity index (χ1v) is 5.77. The molecule has 0 fully saturated rings. The van der Waals surface area contributed by atoms with E-state index in [4.69, 9.17) is 5.73 Å². The van der Waals surface area contributed by atoms with Gasteiger partial charge in [0, 0.05) is 21.1 Å². The lowest BCUT2D eigenvalue weighted by Crippen LogP contribution is -1.92. The third-order valence-corrected chi connectivity index (χ3v) is 3.36. The first-order chi connectivity index (χ1) is 7.13. The van der Waals surface area contributed by atoms with Crippen LogP contribution in [0.15, 0.2) is 39.1 Å². The molecule has 0 aromatic heterocycles. The Morgan fingerprint density at radius 2 is 2.33 bits per heavy atom. The Morgan fingerprint density at radius 1 is 1.60 bits per heavy atom. The smallest absolute Gasteiger partial charge is 0.330 e. The van der Waals surface area contributed by atoms with Crippen molar-refractivity contribution < 1.29 is 9.53 Å². The molecule has 0 aliphatic carbocycles. The Labute approximate surface area is 101 Å². The third-order valence-electron chi connectivity index (χ3n) is 1.56. The molecule has 3 nitrogen and oxygen atoms in total. The molecule has 15 heavy (non-hydrogen) atoms. The predicted molar refractivity (Wildman–Crippen MR) is 65.6 cm³/mol. The number of benzene rings is 1. The number of rotatable bonds is 3. The van der Waals surface area contributed by atoms with Gasteiger partial charge in [-0.2, -0.15) is 0 Å². The summed E-state index contributed by atoms with van der Waals surface area (Å²) in [5.41, 5.74) is 6.29. The van der Waals surface area contributed by atoms with E-state index in [1.54, 1.807) is 11.5 Å².